The summed E-state index contributed by atoms with van der Waals surface area (Å²) in [6.07, 6.45) is -0.664. The van der Waals surface area contributed by atoms with Crippen LogP contribution in [0.4, 0.5) is 13.2 Å². The van der Waals surface area contributed by atoms with Crippen molar-refractivity contribution in [2.75, 3.05) is 19.7 Å². The van der Waals surface area contributed by atoms with Gasteiger partial charge in [0.05, 0.1) is 29.2 Å². The fraction of sp³-hybridized carbons (Fsp3) is 0.375. The van der Waals surface area contributed by atoms with E-state index in [-0.39, 0.29) is 53.5 Å². The number of hydrogen-bond donors (Lipinski definition) is 0. The summed E-state index contributed by atoms with van der Waals surface area (Å²) in [7, 11) is 0. The van der Waals surface area contributed by atoms with Crippen LogP contribution in [0, 0.1) is 12.8 Å². The van der Waals surface area contributed by atoms with E-state index in [0.717, 1.165) is 17.8 Å². The molecule has 1 fully saturated rings. The molecule has 1 saturated carbocycles. The molecule has 1 aromatic carbocycles. The number of halogens is 4. The molecule has 7 nitrogen and oxygen atoms in total. The molecule has 1 aliphatic carbocycles. The van der Waals surface area contributed by atoms with Crippen LogP contribution in [-0.2, 0) is 18.1 Å². The number of carbonyl (C=O) groups excluding carboxylic acids is 1. The Hall–Kier alpha value is -3.27. The highest BCUT2D eigenvalue weighted by atomic mass is 35.5. The molecular weight excluding hydrogens is 485 g/mol. The van der Waals surface area contributed by atoms with E-state index in [0.29, 0.717) is 24.3 Å². The Morgan fingerprint density at radius 2 is 2.03 bits per heavy atom. The van der Waals surface area contributed by atoms with E-state index in [2.05, 4.69) is 4.98 Å². The van der Waals surface area contributed by atoms with Gasteiger partial charge in [0.15, 0.2) is 0 Å². The average molecular weight is 505 g/mol. The molecule has 3 aliphatic rings. The fourth-order valence-electron chi connectivity index (χ4n) is 5.37. The van der Waals surface area contributed by atoms with Crippen molar-refractivity contribution in [2.45, 2.75) is 31.5 Å². The second kappa shape index (κ2) is 7.36. The van der Waals surface area contributed by atoms with Crippen molar-refractivity contribution < 1.29 is 22.7 Å². The molecule has 0 N–H and O–H groups in total. The van der Waals surface area contributed by atoms with Gasteiger partial charge in [-0.25, -0.2) is 4.98 Å². The summed E-state index contributed by atoms with van der Waals surface area (Å²) in [6, 6.07) is 5.19. The lowest BCUT2D eigenvalue weighted by Crippen LogP contribution is -2.48. The predicted octanol–water partition coefficient (Wildman–Crippen LogP) is 3.82. The maximum atomic E-state index is 13.5. The van der Waals surface area contributed by atoms with Crippen LogP contribution in [0.1, 0.15) is 33.7 Å². The van der Waals surface area contributed by atoms with Gasteiger partial charge in [0.2, 0.25) is 0 Å². The Morgan fingerprint density at radius 3 is 2.74 bits per heavy atom. The summed E-state index contributed by atoms with van der Waals surface area (Å²) in [5, 5.41) is -0.0799. The van der Waals surface area contributed by atoms with Gasteiger partial charge in [-0.05, 0) is 37.6 Å². The van der Waals surface area contributed by atoms with Gasteiger partial charge in [-0.1, -0.05) is 11.6 Å². The van der Waals surface area contributed by atoms with Crippen molar-refractivity contribution in [3.8, 4) is 11.4 Å². The number of hydrogen-bond acceptors (Lipinski definition) is 4. The lowest BCUT2D eigenvalue weighted by atomic mass is 9.88. The van der Waals surface area contributed by atoms with Crippen LogP contribution in [0.3, 0.4) is 0 Å². The summed E-state index contributed by atoms with van der Waals surface area (Å²) in [4.78, 5) is 32.2. The van der Waals surface area contributed by atoms with Gasteiger partial charge in [0.25, 0.3) is 11.5 Å². The molecule has 35 heavy (non-hydrogen) atoms. The Morgan fingerprint density at radius 1 is 1.23 bits per heavy atom. The third-order valence-electron chi connectivity index (χ3n) is 7.29. The molecule has 2 atom stereocenters. The number of fused-ring (bicyclic) bond motifs is 4. The first-order valence-corrected chi connectivity index (χ1v) is 11.5. The number of benzene rings is 1. The maximum Gasteiger partial charge on any atom is 0.416 e. The maximum absolute atomic E-state index is 13.5. The number of aryl methyl sites for hydroxylation is 1. The third kappa shape index (κ3) is 3.37. The Kier molecular flexibility index (Phi) is 4.67. The number of imidazole rings is 1. The summed E-state index contributed by atoms with van der Waals surface area (Å²) in [5.74, 6) is -0.0686. The monoisotopic (exact) mass is 504 g/mol. The minimum atomic E-state index is -4.55. The molecule has 0 radical (unpaired) electrons. The first-order chi connectivity index (χ1) is 16.6. The van der Waals surface area contributed by atoms with Gasteiger partial charge in [-0.15, -0.1) is 0 Å². The molecule has 1 amide bonds. The highest BCUT2D eigenvalue weighted by Gasteiger charge is 2.61. The number of pyridine rings is 1. The fourth-order valence-corrected chi connectivity index (χ4v) is 5.64. The summed E-state index contributed by atoms with van der Waals surface area (Å²) >= 11 is 6.17. The smallest absolute Gasteiger partial charge is 0.416 e. The number of rotatable bonds is 3. The minimum Gasteiger partial charge on any atom is -0.491 e. The molecule has 6 rings (SSSR count). The zero-order chi connectivity index (χ0) is 24.7. The van der Waals surface area contributed by atoms with Gasteiger partial charge in [0.1, 0.15) is 17.1 Å². The SMILES string of the molecule is Cc1cn(-c2ccc3n(c2=O)CCN(C[C@]24C[C@H]2COc2c(Cl)cc(C(F)(F)F)cc24)C3=O)cn1. The largest absolute Gasteiger partial charge is 0.491 e. The molecule has 0 spiro atoms. The van der Waals surface area contributed by atoms with Crippen molar-refractivity contribution in [1.29, 1.82) is 0 Å². The van der Waals surface area contributed by atoms with Crippen molar-refractivity contribution in [3.63, 3.8) is 0 Å². The molecule has 3 aromatic rings. The number of carbonyl (C=O) groups is 1. The van der Waals surface area contributed by atoms with Crippen molar-refractivity contribution in [2.24, 2.45) is 5.92 Å². The molecular formula is C24H20ClF3N4O3. The van der Waals surface area contributed by atoms with Crippen LogP contribution in [0.25, 0.3) is 5.69 Å². The molecule has 2 aromatic heterocycles. The van der Waals surface area contributed by atoms with E-state index in [9.17, 15) is 22.8 Å². The van der Waals surface area contributed by atoms with Crippen LogP contribution < -0.4 is 10.3 Å². The standard InChI is InChI=1S/C24H20ClF3N4O3/c1-13-9-31(12-29-13)18-2-3-19-21(33)30(4-5-32(19)22(18)34)11-23-8-15(23)10-35-20-16(23)6-14(7-17(20)25)24(26,27)28/h2-3,6-7,9,12,15H,4-5,8,10-11H2,1H3/t15-,23+/m0/s1. The highest BCUT2D eigenvalue weighted by molar-refractivity contribution is 6.32. The van der Waals surface area contributed by atoms with Crippen molar-refractivity contribution >= 4 is 17.5 Å². The lowest BCUT2D eigenvalue weighted by molar-refractivity contribution is -0.137. The van der Waals surface area contributed by atoms with Gasteiger partial charge in [0, 0.05) is 42.7 Å². The Labute approximate surface area is 202 Å². The number of nitrogens with zero attached hydrogens (tertiary/aromatic N) is 4. The molecule has 0 bridgehead atoms. The Bertz CT molecular complexity index is 1450. The summed E-state index contributed by atoms with van der Waals surface area (Å²) in [6.45, 7) is 2.95. The molecule has 2 aliphatic heterocycles. The predicted molar refractivity (Wildman–Crippen MR) is 120 cm³/mol. The molecule has 11 heteroatoms. The van der Waals surface area contributed by atoms with Gasteiger partial charge in [-0.2, -0.15) is 13.2 Å². The number of amides is 1. The second-order valence-electron chi connectivity index (χ2n) is 9.41. The van der Waals surface area contributed by atoms with E-state index < -0.39 is 17.2 Å². The van der Waals surface area contributed by atoms with E-state index in [1.807, 2.05) is 6.92 Å². The molecule has 4 heterocycles. The zero-order valence-corrected chi connectivity index (χ0v) is 19.4. The molecule has 0 saturated heterocycles. The van der Waals surface area contributed by atoms with E-state index in [4.69, 9.17) is 16.3 Å². The first-order valence-electron chi connectivity index (χ1n) is 11.2. The average Bonchev–Trinajstić information content (AvgIpc) is 3.37. The van der Waals surface area contributed by atoms with Crippen molar-refractivity contribution in [1.82, 2.24) is 19.0 Å². The molecule has 0 unspecified atom stereocenters. The normalized spacial score (nSPS) is 22.8. The van der Waals surface area contributed by atoms with E-state index in [1.165, 1.54) is 4.57 Å². The summed E-state index contributed by atoms with van der Waals surface area (Å²) < 4.78 is 49.2. The summed E-state index contributed by atoms with van der Waals surface area (Å²) in [5.41, 5.74) is 0.0294. The quantitative estimate of drug-likeness (QED) is 0.544. The number of aromatic nitrogens is 3. The lowest BCUT2D eigenvalue weighted by Gasteiger charge is -2.35. The highest BCUT2D eigenvalue weighted by Crippen LogP contribution is 2.61. The Balaban J connectivity index is 1.33. The van der Waals surface area contributed by atoms with Crippen LogP contribution in [0.5, 0.6) is 5.75 Å². The van der Waals surface area contributed by atoms with Gasteiger partial charge < -0.3 is 18.8 Å². The van der Waals surface area contributed by atoms with Gasteiger partial charge in [-0.3, -0.25) is 9.59 Å². The van der Waals surface area contributed by atoms with Crippen LogP contribution in [0.2, 0.25) is 5.02 Å². The van der Waals surface area contributed by atoms with Crippen LogP contribution in [0.15, 0.2) is 41.6 Å². The number of ether oxygens (including phenoxy) is 1. The zero-order valence-electron chi connectivity index (χ0n) is 18.6. The third-order valence-corrected chi connectivity index (χ3v) is 7.57. The van der Waals surface area contributed by atoms with E-state index >= 15 is 0 Å². The second-order valence-corrected chi connectivity index (χ2v) is 9.82. The number of alkyl halides is 3. The minimum absolute atomic E-state index is 0.00155. The van der Waals surface area contributed by atoms with Crippen LogP contribution in [-0.4, -0.2) is 44.6 Å². The first kappa shape index (κ1) is 22.2. The topological polar surface area (TPSA) is 69.4 Å². The van der Waals surface area contributed by atoms with Crippen molar-refractivity contribution in [3.05, 3.63) is 74.7 Å². The van der Waals surface area contributed by atoms with E-state index in [1.54, 1.807) is 34.1 Å². The molecule has 182 valence electrons. The van der Waals surface area contributed by atoms with Crippen LogP contribution >= 0.6 is 11.6 Å². The van der Waals surface area contributed by atoms with Gasteiger partial charge >= 0.3 is 6.18 Å².